The fraction of sp³-hybridized carbons (Fsp3) is 0.310. The van der Waals surface area contributed by atoms with Crippen molar-refractivity contribution >= 4 is 23.3 Å². The van der Waals surface area contributed by atoms with E-state index in [-0.39, 0.29) is 11.9 Å². The van der Waals surface area contributed by atoms with Crippen molar-refractivity contribution in [2.24, 2.45) is 5.92 Å². The predicted molar refractivity (Wildman–Crippen MR) is 140 cm³/mol. The number of hydrogen-bond acceptors (Lipinski definition) is 4. The lowest BCUT2D eigenvalue weighted by atomic mass is 9.78. The number of nitrogens with one attached hydrogen (secondary N) is 2. The Morgan fingerprint density at radius 3 is 2.50 bits per heavy atom. The van der Waals surface area contributed by atoms with E-state index in [1.165, 1.54) is 0 Å². The number of hydrogen-bond donors (Lipinski definition) is 2. The fourth-order valence-electron chi connectivity index (χ4n) is 5.35. The minimum Gasteiger partial charge on any atom is -0.493 e. The molecule has 0 saturated carbocycles. The summed E-state index contributed by atoms with van der Waals surface area (Å²) in [4.78, 5) is 29.1. The second kappa shape index (κ2) is 8.59. The van der Waals surface area contributed by atoms with Crippen LogP contribution < -0.4 is 25.0 Å². The summed E-state index contributed by atoms with van der Waals surface area (Å²) in [6, 6.07) is 16.3. The number of fused-ring (bicyclic) bond motifs is 4. The van der Waals surface area contributed by atoms with Crippen LogP contribution in [0.15, 0.2) is 54.6 Å². The molecule has 186 valence electrons. The molecule has 0 radical (unpaired) electrons. The number of urea groups is 1. The smallest absolute Gasteiger partial charge is 0.325 e. The highest BCUT2D eigenvalue weighted by atomic mass is 16.5. The van der Waals surface area contributed by atoms with Gasteiger partial charge in [-0.15, -0.1) is 0 Å². The van der Waals surface area contributed by atoms with Gasteiger partial charge in [-0.25, -0.2) is 4.79 Å². The largest absolute Gasteiger partial charge is 0.493 e. The third-order valence-electron chi connectivity index (χ3n) is 7.38. The molecule has 1 saturated heterocycles. The van der Waals surface area contributed by atoms with Crippen molar-refractivity contribution in [3.8, 4) is 11.5 Å². The predicted octanol–water partition coefficient (Wildman–Crippen LogP) is 5.56. The van der Waals surface area contributed by atoms with Crippen LogP contribution in [-0.2, 0) is 4.79 Å². The average Bonchev–Trinajstić information content (AvgIpc) is 2.82. The molecule has 7 nitrogen and oxygen atoms in total. The van der Waals surface area contributed by atoms with Crippen molar-refractivity contribution in [2.75, 3.05) is 17.3 Å². The Labute approximate surface area is 211 Å². The summed E-state index contributed by atoms with van der Waals surface area (Å²) in [6.45, 7) is 9.80. The van der Waals surface area contributed by atoms with E-state index in [2.05, 4.69) is 10.6 Å². The summed E-state index contributed by atoms with van der Waals surface area (Å²) in [5.41, 5.74) is 5.00. The summed E-state index contributed by atoms with van der Waals surface area (Å²) in [7, 11) is 1.58. The Hall–Kier alpha value is -4.00. The van der Waals surface area contributed by atoms with Crippen molar-refractivity contribution in [1.82, 2.24) is 5.32 Å². The number of amides is 3. The van der Waals surface area contributed by atoms with Gasteiger partial charge in [-0.05, 0) is 75.6 Å². The summed E-state index contributed by atoms with van der Waals surface area (Å²) >= 11 is 0. The summed E-state index contributed by atoms with van der Waals surface area (Å²) in [5, 5.41) is 6.19. The third-order valence-corrected chi connectivity index (χ3v) is 7.38. The van der Waals surface area contributed by atoms with E-state index < -0.39 is 17.7 Å². The maximum absolute atomic E-state index is 14.0. The molecule has 2 aliphatic rings. The summed E-state index contributed by atoms with van der Waals surface area (Å²) in [5.74, 6) is 0.0823. The van der Waals surface area contributed by atoms with Crippen LogP contribution >= 0.6 is 0 Å². The zero-order valence-corrected chi connectivity index (χ0v) is 21.4. The standard InChI is InChI=1S/C29H31N3O4/c1-16-10-13-22(19(4)14-16)30-27(33)24-25-21-8-7-9-23(35-6)26(21)36-29(24,5)32(28(34)31-25)20-12-11-17(2)18(3)15-20/h7-15,24-25H,1-6H3,(H,30,33)(H,31,34)/t24-,25-,29+/m1/s1. The average molecular weight is 486 g/mol. The first-order valence-electron chi connectivity index (χ1n) is 12.1. The van der Waals surface area contributed by atoms with Gasteiger partial charge in [-0.3, -0.25) is 9.69 Å². The number of ether oxygens (including phenoxy) is 2. The van der Waals surface area contributed by atoms with Gasteiger partial charge in [0.25, 0.3) is 0 Å². The molecule has 3 aromatic carbocycles. The maximum atomic E-state index is 14.0. The highest BCUT2D eigenvalue weighted by molar-refractivity contribution is 6.02. The van der Waals surface area contributed by atoms with Crippen molar-refractivity contribution in [3.05, 3.63) is 82.4 Å². The van der Waals surface area contributed by atoms with Crippen molar-refractivity contribution < 1.29 is 19.1 Å². The third kappa shape index (κ3) is 3.66. The zero-order valence-electron chi connectivity index (χ0n) is 21.4. The topological polar surface area (TPSA) is 79.9 Å². The fourth-order valence-corrected chi connectivity index (χ4v) is 5.35. The number of nitrogens with zero attached hydrogens (tertiary/aromatic N) is 1. The minimum atomic E-state index is -1.32. The first-order valence-corrected chi connectivity index (χ1v) is 12.1. The molecule has 7 heteroatoms. The normalized spacial score (nSPS) is 22.3. The molecule has 1 fully saturated rings. The highest BCUT2D eigenvalue weighted by Gasteiger charge is 2.60. The quantitative estimate of drug-likeness (QED) is 0.507. The van der Waals surface area contributed by atoms with Crippen molar-refractivity contribution in [1.29, 1.82) is 0 Å². The number of methoxy groups -OCH3 is 1. The number of para-hydroxylation sites is 1. The second-order valence-corrected chi connectivity index (χ2v) is 9.85. The number of carbonyl (C=O) groups is 2. The van der Waals surface area contributed by atoms with Gasteiger partial charge < -0.3 is 20.1 Å². The molecule has 0 unspecified atom stereocenters. The van der Waals surface area contributed by atoms with E-state index >= 15 is 0 Å². The Bertz CT molecular complexity index is 1380. The van der Waals surface area contributed by atoms with Crippen LogP contribution in [0, 0.1) is 33.6 Å². The van der Waals surface area contributed by atoms with Gasteiger partial charge in [0.1, 0.15) is 5.92 Å². The van der Waals surface area contributed by atoms with E-state index in [9.17, 15) is 9.59 Å². The van der Waals surface area contributed by atoms with Gasteiger partial charge in [0.15, 0.2) is 11.5 Å². The first-order chi connectivity index (χ1) is 17.1. The maximum Gasteiger partial charge on any atom is 0.325 e. The van der Waals surface area contributed by atoms with Crippen LogP contribution in [0.5, 0.6) is 11.5 Å². The van der Waals surface area contributed by atoms with Gasteiger partial charge in [-0.1, -0.05) is 35.9 Å². The molecule has 0 spiro atoms. The Morgan fingerprint density at radius 2 is 1.81 bits per heavy atom. The molecular formula is C29H31N3O4. The molecule has 2 N–H and O–H groups in total. The second-order valence-electron chi connectivity index (χ2n) is 9.85. The lowest BCUT2D eigenvalue weighted by Gasteiger charge is -2.54. The number of anilines is 2. The van der Waals surface area contributed by atoms with Gasteiger partial charge in [0.2, 0.25) is 11.6 Å². The highest BCUT2D eigenvalue weighted by Crippen LogP contribution is 2.52. The van der Waals surface area contributed by atoms with Gasteiger partial charge in [-0.2, -0.15) is 0 Å². The number of benzene rings is 3. The van der Waals surface area contributed by atoms with Crippen molar-refractivity contribution in [3.63, 3.8) is 0 Å². The Morgan fingerprint density at radius 1 is 1.03 bits per heavy atom. The Balaban J connectivity index is 1.66. The summed E-state index contributed by atoms with van der Waals surface area (Å²) in [6.07, 6.45) is 0. The van der Waals surface area contributed by atoms with Crippen LogP contribution in [-0.4, -0.2) is 24.8 Å². The first kappa shape index (κ1) is 23.7. The van der Waals surface area contributed by atoms with Gasteiger partial charge >= 0.3 is 6.03 Å². The zero-order chi connectivity index (χ0) is 25.8. The van der Waals surface area contributed by atoms with Crippen LogP contribution in [0.1, 0.15) is 40.8 Å². The molecule has 0 aliphatic carbocycles. The van der Waals surface area contributed by atoms with E-state index in [4.69, 9.17) is 9.47 Å². The number of aryl methyl sites for hydroxylation is 4. The number of carbonyl (C=O) groups excluding carboxylic acids is 2. The van der Waals surface area contributed by atoms with Gasteiger partial charge in [0.05, 0.1) is 13.2 Å². The van der Waals surface area contributed by atoms with Crippen LogP contribution in [0.25, 0.3) is 0 Å². The van der Waals surface area contributed by atoms with E-state index in [0.29, 0.717) is 22.7 Å². The van der Waals surface area contributed by atoms with Crippen LogP contribution in [0.3, 0.4) is 0 Å². The molecule has 2 heterocycles. The molecule has 0 aromatic heterocycles. The van der Waals surface area contributed by atoms with E-state index in [1.807, 2.05) is 82.3 Å². The van der Waals surface area contributed by atoms with Crippen LogP contribution in [0.4, 0.5) is 16.2 Å². The van der Waals surface area contributed by atoms with E-state index in [0.717, 1.165) is 27.9 Å². The molecule has 5 rings (SSSR count). The molecule has 2 bridgehead atoms. The van der Waals surface area contributed by atoms with Crippen molar-refractivity contribution in [2.45, 2.75) is 46.4 Å². The lowest BCUT2D eigenvalue weighted by molar-refractivity contribution is -0.131. The molecule has 36 heavy (non-hydrogen) atoms. The Kier molecular flexibility index (Phi) is 5.66. The molecule has 3 amide bonds. The SMILES string of the molecule is COc1cccc2c1O[C@@]1(C)[C@@H](C(=O)Nc3ccc(C)cc3C)[C@@H]2NC(=O)N1c1ccc(C)c(C)c1. The molecular weight excluding hydrogens is 454 g/mol. The molecule has 2 aliphatic heterocycles. The lowest BCUT2D eigenvalue weighted by Crippen LogP contribution is -2.72. The van der Waals surface area contributed by atoms with E-state index in [1.54, 1.807) is 18.9 Å². The van der Waals surface area contributed by atoms with Crippen LogP contribution in [0.2, 0.25) is 0 Å². The monoisotopic (exact) mass is 485 g/mol. The molecule has 3 atom stereocenters. The van der Waals surface area contributed by atoms with Gasteiger partial charge in [0, 0.05) is 16.9 Å². The molecule has 3 aromatic rings. The summed E-state index contributed by atoms with van der Waals surface area (Å²) < 4.78 is 12.2. The minimum absolute atomic E-state index is 0.239. The number of rotatable bonds is 4.